The molecule has 10 heteroatoms. The molecule has 3 heterocycles. The molecule has 0 spiro atoms. The van der Waals surface area contributed by atoms with Crippen LogP contribution in [0.2, 0.25) is 0 Å². The first-order valence-corrected chi connectivity index (χ1v) is 10.7. The highest BCUT2D eigenvalue weighted by Gasteiger charge is 2.23. The van der Waals surface area contributed by atoms with Gasteiger partial charge in [-0.05, 0) is 36.8 Å². The van der Waals surface area contributed by atoms with E-state index in [1.807, 2.05) is 6.07 Å². The van der Waals surface area contributed by atoms with Crippen molar-refractivity contribution in [2.75, 3.05) is 17.2 Å². The van der Waals surface area contributed by atoms with Gasteiger partial charge in [-0.3, -0.25) is 14.3 Å². The second kappa shape index (κ2) is 9.21. The minimum atomic E-state index is -0.702. The third-order valence-electron chi connectivity index (χ3n) is 5.35. The molecular weight excluding hydrogens is 410 g/mol. The van der Waals surface area contributed by atoms with E-state index in [1.165, 1.54) is 12.7 Å². The lowest BCUT2D eigenvalue weighted by atomic mass is 9.85. The zero-order chi connectivity index (χ0) is 22.7. The maximum Gasteiger partial charge on any atom is 0.277 e. The Hall–Kier alpha value is -3.69. The Morgan fingerprint density at radius 3 is 2.84 bits per heavy atom. The fourth-order valence-electron chi connectivity index (χ4n) is 3.39. The minimum Gasteiger partial charge on any atom is -0.444 e. The number of hydrogen-bond acceptors (Lipinski definition) is 7. The van der Waals surface area contributed by atoms with Crippen LogP contribution in [0.15, 0.2) is 35.2 Å². The molecule has 0 radical (unpaired) electrons. The lowest BCUT2D eigenvalue weighted by Gasteiger charge is -2.24. The molecule has 0 atom stereocenters. The summed E-state index contributed by atoms with van der Waals surface area (Å²) in [4.78, 5) is 33.1. The number of amides is 2. The molecular formula is C22H27N7O3. The summed E-state index contributed by atoms with van der Waals surface area (Å²) in [5.74, 6) is 0.786. The molecule has 32 heavy (non-hydrogen) atoms. The van der Waals surface area contributed by atoms with Crippen molar-refractivity contribution in [2.24, 2.45) is 17.6 Å². The van der Waals surface area contributed by atoms with Crippen LogP contribution < -0.4 is 16.4 Å². The van der Waals surface area contributed by atoms with Crippen molar-refractivity contribution in [2.45, 2.75) is 39.7 Å². The van der Waals surface area contributed by atoms with Crippen LogP contribution in [0.5, 0.6) is 0 Å². The van der Waals surface area contributed by atoms with Gasteiger partial charge in [0, 0.05) is 31.0 Å². The monoisotopic (exact) mass is 437 g/mol. The Labute approximate surface area is 185 Å². The summed E-state index contributed by atoms with van der Waals surface area (Å²) in [5.41, 5.74) is 6.50. The van der Waals surface area contributed by atoms with Crippen LogP contribution in [0, 0.1) is 11.8 Å². The molecule has 10 nitrogen and oxygen atoms in total. The molecule has 1 fully saturated rings. The van der Waals surface area contributed by atoms with Gasteiger partial charge in [0.05, 0.1) is 5.69 Å². The average molecular weight is 438 g/mol. The molecule has 3 aromatic heterocycles. The fraction of sp³-hybridized carbons (Fsp3) is 0.409. The maximum atomic E-state index is 12.7. The summed E-state index contributed by atoms with van der Waals surface area (Å²) in [7, 11) is 0. The number of rotatable bonds is 9. The molecule has 168 valence electrons. The van der Waals surface area contributed by atoms with Gasteiger partial charge in [0.1, 0.15) is 12.1 Å². The highest BCUT2D eigenvalue weighted by atomic mass is 16.3. The van der Waals surface area contributed by atoms with Crippen molar-refractivity contribution in [3.8, 4) is 11.5 Å². The van der Waals surface area contributed by atoms with Crippen molar-refractivity contribution >= 4 is 23.3 Å². The van der Waals surface area contributed by atoms with Crippen molar-refractivity contribution in [3.05, 3.63) is 42.2 Å². The van der Waals surface area contributed by atoms with Gasteiger partial charge in [0.2, 0.25) is 5.89 Å². The maximum absolute atomic E-state index is 12.7. The SMILES string of the molecule is CC(C)CNc1cc(-c2nc(C(=O)Nc3cn(CC4CCC4)nc3C(N)=O)co2)ccn1. The van der Waals surface area contributed by atoms with Gasteiger partial charge in [0.25, 0.3) is 11.8 Å². The number of nitrogens with zero attached hydrogens (tertiary/aromatic N) is 4. The number of anilines is 2. The second-order valence-corrected chi connectivity index (χ2v) is 8.47. The number of nitrogens with one attached hydrogen (secondary N) is 2. The summed E-state index contributed by atoms with van der Waals surface area (Å²) in [6, 6.07) is 3.56. The van der Waals surface area contributed by atoms with Crippen molar-refractivity contribution in [1.29, 1.82) is 0 Å². The predicted molar refractivity (Wildman–Crippen MR) is 119 cm³/mol. The molecule has 3 aromatic rings. The molecule has 0 bridgehead atoms. The Balaban J connectivity index is 1.47. The third-order valence-corrected chi connectivity index (χ3v) is 5.35. The number of aromatic nitrogens is 4. The van der Waals surface area contributed by atoms with E-state index in [4.69, 9.17) is 10.2 Å². The molecule has 2 amide bonds. The summed E-state index contributed by atoms with van der Waals surface area (Å²) < 4.78 is 7.17. The molecule has 0 unspecified atom stereocenters. The number of hydrogen-bond donors (Lipinski definition) is 3. The van der Waals surface area contributed by atoms with E-state index in [2.05, 4.69) is 39.5 Å². The van der Waals surface area contributed by atoms with E-state index < -0.39 is 11.8 Å². The third kappa shape index (κ3) is 4.96. The lowest BCUT2D eigenvalue weighted by molar-refractivity contribution is 0.0995. The van der Waals surface area contributed by atoms with Crippen molar-refractivity contribution in [3.63, 3.8) is 0 Å². The van der Waals surface area contributed by atoms with E-state index in [-0.39, 0.29) is 17.1 Å². The van der Waals surface area contributed by atoms with Crippen LogP contribution >= 0.6 is 0 Å². The van der Waals surface area contributed by atoms with E-state index in [1.54, 1.807) is 23.1 Å². The Bertz CT molecular complexity index is 1110. The minimum absolute atomic E-state index is 0.0244. The van der Waals surface area contributed by atoms with Gasteiger partial charge in [-0.1, -0.05) is 20.3 Å². The zero-order valence-electron chi connectivity index (χ0n) is 18.2. The fourth-order valence-corrected chi connectivity index (χ4v) is 3.39. The summed E-state index contributed by atoms with van der Waals surface area (Å²) >= 11 is 0. The van der Waals surface area contributed by atoms with Crippen LogP contribution in [0.25, 0.3) is 11.5 Å². The quantitative estimate of drug-likeness (QED) is 0.467. The van der Waals surface area contributed by atoms with Gasteiger partial charge >= 0.3 is 0 Å². The van der Waals surface area contributed by atoms with E-state index in [9.17, 15) is 9.59 Å². The number of nitrogens with two attached hydrogens (primary N) is 1. The molecule has 1 aliphatic carbocycles. The standard InChI is InChI=1S/C22H27N7O3/c1-13(2)9-25-18-8-15(6-7-24-18)22-27-17(12-32-22)21(31)26-16-11-29(10-14-4-3-5-14)28-19(16)20(23)30/h6-8,11-14H,3-5,9-10H2,1-2H3,(H2,23,30)(H,24,25)(H,26,31). The number of oxazole rings is 1. The van der Waals surface area contributed by atoms with Crippen LogP contribution in [0.3, 0.4) is 0 Å². The van der Waals surface area contributed by atoms with Crippen LogP contribution in [-0.2, 0) is 6.54 Å². The average Bonchev–Trinajstić information content (AvgIpc) is 3.37. The summed E-state index contributed by atoms with van der Waals surface area (Å²) in [6.07, 6.45) is 8.04. The highest BCUT2D eigenvalue weighted by Crippen LogP contribution is 2.28. The predicted octanol–water partition coefficient (Wildman–Crippen LogP) is 3.15. The van der Waals surface area contributed by atoms with Crippen molar-refractivity contribution < 1.29 is 14.0 Å². The Kier molecular flexibility index (Phi) is 6.20. The molecule has 0 aliphatic heterocycles. The topological polar surface area (TPSA) is 141 Å². The first-order valence-electron chi connectivity index (χ1n) is 10.7. The molecule has 0 aromatic carbocycles. The highest BCUT2D eigenvalue weighted by molar-refractivity contribution is 6.07. The number of carbonyl (C=O) groups excluding carboxylic acids is 2. The molecule has 4 N–H and O–H groups in total. The Morgan fingerprint density at radius 2 is 2.16 bits per heavy atom. The number of primary amides is 1. The van der Waals surface area contributed by atoms with Gasteiger partial charge in [-0.2, -0.15) is 5.10 Å². The van der Waals surface area contributed by atoms with E-state index >= 15 is 0 Å². The van der Waals surface area contributed by atoms with Crippen LogP contribution in [0.1, 0.15) is 54.1 Å². The molecule has 1 aliphatic rings. The largest absolute Gasteiger partial charge is 0.444 e. The van der Waals surface area contributed by atoms with E-state index in [0.717, 1.165) is 19.4 Å². The smallest absolute Gasteiger partial charge is 0.277 e. The molecule has 0 saturated heterocycles. The van der Waals surface area contributed by atoms with Gasteiger partial charge in [-0.15, -0.1) is 0 Å². The van der Waals surface area contributed by atoms with Gasteiger partial charge < -0.3 is 20.8 Å². The summed E-state index contributed by atoms with van der Waals surface area (Å²) in [5, 5.41) is 10.2. The van der Waals surface area contributed by atoms with E-state index in [0.29, 0.717) is 35.7 Å². The van der Waals surface area contributed by atoms with Gasteiger partial charge in [0.15, 0.2) is 11.4 Å². The van der Waals surface area contributed by atoms with Gasteiger partial charge in [-0.25, -0.2) is 9.97 Å². The first kappa shape index (κ1) is 21.5. The summed E-state index contributed by atoms with van der Waals surface area (Å²) in [6.45, 7) is 5.69. The number of pyridine rings is 1. The van der Waals surface area contributed by atoms with Crippen LogP contribution in [-0.4, -0.2) is 38.1 Å². The molecule has 4 rings (SSSR count). The lowest BCUT2D eigenvalue weighted by Crippen LogP contribution is -2.19. The van der Waals surface area contributed by atoms with Crippen LogP contribution in [0.4, 0.5) is 11.5 Å². The zero-order valence-corrected chi connectivity index (χ0v) is 18.2. The van der Waals surface area contributed by atoms with Crippen molar-refractivity contribution in [1.82, 2.24) is 19.7 Å². The first-order chi connectivity index (χ1) is 15.4. The normalized spacial score (nSPS) is 13.7. The Morgan fingerprint density at radius 1 is 1.34 bits per heavy atom. The second-order valence-electron chi connectivity index (χ2n) is 8.47. The number of carbonyl (C=O) groups is 2. The molecule has 1 saturated carbocycles.